The molecule has 6 atom stereocenters. The molecule has 0 radical (unpaired) electrons. The molecule has 0 aromatic carbocycles. The number of nitrogens with zero attached hydrogens (tertiary/aromatic N) is 12. The van der Waals surface area contributed by atoms with Crippen molar-refractivity contribution in [2.24, 2.45) is 0 Å². The van der Waals surface area contributed by atoms with Crippen LogP contribution in [0.4, 0.5) is 0 Å². The summed E-state index contributed by atoms with van der Waals surface area (Å²) >= 11 is 0. The van der Waals surface area contributed by atoms with Gasteiger partial charge in [0, 0.05) is 188 Å². The third kappa shape index (κ3) is 34.4. The third-order valence-corrected chi connectivity index (χ3v) is 24.4. The average molecular weight is 1740 g/mol. The number of carbonyl (C=O) groups is 12. The van der Waals surface area contributed by atoms with Gasteiger partial charge in [-0.2, -0.15) is 0 Å². The van der Waals surface area contributed by atoms with Crippen LogP contribution in [0.1, 0.15) is 116 Å². The lowest BCUT2D eigenvalue weighted by atomic mass is 9.95. The van der Waals surface area contributed by atoms with Gasteiger partial charge in [-0.05, 0) is 58.2 Å². The molecular weight excluding hydrogens is 1590 g/mol. The molecule has 10 aliphatic heterocycles. The molecule has 122 heavy (non-hydrogen) atoms. The summed E-state index contributed by atoms with van der Waals surface area (Å²) in [4.78, 5) is 166. The van der Waals surface area contributed by atoms with E-state index in [4.69, 9.17) is 52.1 Å². The van der Waals surface area contributed by atoms with Crippen LogP contribution >= 0.6 is 0 Å². The van der Waals surface area contributed by atoms with E-state index in [-0.39, 0.29) is 140 Å². The predicted octanol–water partition coefficient (Wildman–Crippen LogP) is -2.87. The molecule has 0 aliphatic carbocycles. The van der Waals surface area contributed by atoms with Crippen LogP contribution in [-0.4, -0.2) is 467 Å². The van der Waals surface area contributed by atoms with Crippen LogP contribution in [0.25, 0.3) is 0 Å². The molecule has 10 saturated heterocycles. The van der Waals surface area contributed by atoms with Crippen molar-refractivity contribution in [2.45, 2.75) is 177 Å². The Morgan fingerprint density at radius 1 is 0.205 bits per heavy atom. The van der Waals surface area contributed by atoms with Crippen LogP contribution in [-0.2, 0) is 114 Å². The van der Waals surface area contributed by atoms with Crippen molar-refractivity contribution < 1.29 is 114 Å². The lowest BCUT2D eigenvalue weighted by molar-refractivity contribution is -0.165. The molecule has 10 heterocycles. The molecule has 41 nitrogen and oxygen atoms in total. The largest absolute Gasteiger partial charge is 0.469 e. The lowest BCUT2D eigenvalue weighted by Gasteiger charge is -2.58. The van der Waals surface area contributed by atoms with E-state index in [1.54, 1.807) is 0 Å². The molecule has 0 saturated carbocycles. The maximum Gasteiger partial charge on any atom is 0.306 e. The Hall–Kier alpha value is -7.04. The van der Waals surface area contributed by atoms with Crippen molar-refractivity contribution in [3.8, 4) is 0 Å². The van der Waals surface area contributed by atoms with Gasteiger partial charge in [-0.3, -0.25) is 138 Å². The first kappa shape index (κ1) is 104. The standard InChI is InChI=1S/C22H38N4O8.C19H33N3O6.C15H27N3O4.C14H26N4O4.C11H21N3O2/c1-31-17(27)5-9-23-13-14-25(11-7-19(29)33-3)22-21(23)24(10-6-18(28)32-2)15-16-26(22)12-8-20(30)34-4;1-26-16(23)6-10-20-13-14-22(12-8-18(25)28-3)19-15(20)5-4-9-21(19)11-7-17(24)27-2;1-21-13(19)5-9-17-11-7-16-15-12(17)4-3-8-18(15)10-6-14(20)22-2;1-21-11(19)3-7-17-9-5-15-13-14(17)18(10-6-16-13)8-4-12(20)22-2;1-16-10(15)4-7-14-8-6-13-11-9(14)3-2-5-12-11/h21-22H,5-16H2,1-4H3;15,19H,4-14H2,1-3H3;12,15-16H,3-11H2,1-2H3;13-16H,3-10H2,1-2H3;9,11-13H,2-8H2,1H3. The Morgan fingerprint density at radius 2 is 0.418 bits per heavy atom. The highest BCUT2D eigenvalue weighted by molar-refractivity contribution is 5.73. The zero-order valence-electron chi connectivity index (χ0n) is 74.7. The molecule has 5 N–H and O–H groups in total. The van der Waals surface area contributed by atoms with E-state index in [1.165, 1.54) is 98.2 Å². The van der Waals surface area contributed by atoms with E-state index >= 15 is 0 Å². The number of carbonyl (C=O) groups excluding carboxylic acids is 12. The molecule has 41 heteroatoms. The highest BCUT2D eigenvalue weighted by Gasteiger charge is 2.48. The third-order valence-electron chi connectivity index (χ3n) is 24.4. The van der Waals surface area contributed by atoms with Crippen molar-refractivity contribution >= 4 is 71.6 Å². The summed E-state index contributed by atoms with van der Waals surface area (Å²) in [6.45, 7) is 22.2. The Labute approximate surface area is 720 Å². The van der Waals surface area contributed by atoms with Gasteiger partial charge in [0.25, 0.3) is 0 Å². The van der Waals surface area contributed by atoms with Crippen molar-refractivity contribution in [1.29, 1.82) is 0 Å². The molecule has 10 aliphatic rings. The number of hydrogen-bond acceptors (Lipinski definition) is 41. The number of fused-ring (bicyclic) bond motifs is 5. The van der Waals surface area contributed by atoms with Crippen molar-refractivity contribution in [3.63, 3.8) is 0 Å². The fraction of sp³-hybridized carbons (Fsp3) is 0.852. The summed E-state index contributed by atoms with van der Waals surface area (Å²) in [7, 11) is 16.8. The zero-order chi connectivity index (χ0) is 88.9. The number of rotatable bonds is 36. The average Bonchev–Trinajstić information content (AvgIpc) is 0.764. The Balaban J connectivity index is 0.000000241. The minimum atomic E-state index is -0.288. The van der Waals surface area contributed by atoms with Crippen molar-refractivity contribution in [3.05, 3.63) is 0 Å². The predicted molar refractivity (Wildman–Crippen MR) is 444 cm³/mol. The fourth-order valence-corrected chi connectivity index (χ4v) is 17.9. The van der Waals surface area contributed by atoms with Crippen LogP contribution in [0.15, 0.2) is 0 Å². The fourth-order valence-electron chi connectivity index (χ4n) is 17.9. The van der Waals surface area contributed by atoms with Gasteiger partial charge in [-0.15, -0.1) is 0 Å². The van der Waals surface area contributed by atoms with Crippen molar-refractivity contribution in [1.82, 2.24) is 85.4 Å². The summed E-state index contributed by atoms with van der Waals surface area (Å²) in [5, 5.41) is 17.4. The highest BCUT2D eigenvalue weighted by atomic mass is 16.6. The van der Waals surface area contributed by atoms with E-state index in [0.29, 0.717) is 161 Å². The zero-order valence-corrected chi connectivity index (χ0v) is 74.7. The number of hydrogen-bond donors (Lipinski definition) is 5. The molecule has 6 unspecified atom stereocenters. The summed E-state index contributed by atoms with van der Waals surface area (Å²) < 4.78 is 57.3. The van der Waals surface area contributed by atoms with Gasteiger partial charge in [0.2, 0.25) is 0 Å². The topological polar surface area (TPSA) is 415 Å². The van der Waals surface area contributed by atoms with E-state index in [2.05, 4.69) is 90.1 Å². The van der Waals surface area contributed by atoms with Crippen LogP contribution in [0.3, 0.4) is 0 Å². The van der Waals surface area contributed by atoms with E-state index in [1.807, 2.05) is 0 Å². The number of piperazine rings is 7. The molecule has 10 rings (SSSR count). The first-order valence-corrected chi connectivity index (χ1v) is 43.3. The molecule has 0 spiro atoms. The van der Waals surface area contributed by atoms with Crippen LogP contribution in [0, 0.1) is 0 Å². The SMILES string of the molecule is COC(=O)CCN1CCN(CCC(=O)OC)C2C1CCCN2CCC(=O)OC.COC(=O)CCN1CCN(CCC(=O)OC)C2C1N(CCC(=O)OC)CCN2CCC(=O)OC.COC(=O)CCN1CCNC2C1CCCN2CCC(=O)OC.COC(=O)CCN1CCNC2NCCCC21.COC(=O)CCN1CCNC2NCCN(CCC(=O)OC)C21. The van der Waals surface area contributed by atoms with Gasteiger partial charge in [-0.25, -0.2) is 0 Å². The summed E-state index contributed by atoms with van der Waals surface area (Å²) in [6.07, 6.45) is 11.6. The van der Waals surface area contributed by atoms with Gasteiger partial charge in [0.1, 0.15) is 0 Å². The number of methoxy groups -OCH3 is 12. The first-order valence-electron chi connectivity index (χ1n) is 43.3. The molecule has 10 fully saturated rings. The first-order chi connectivity index (χ1) is 58.9. The minimum Gasteiger partial charge on any atom is -0.469 e. The number of esters is 12. The molecule has 0 aromatic heterocycles. The molecular formula is C81H145N17O24. The molecule has 698 valence electrons. The summed E-state index contributed by atoms with van der Waals surface area (Å²) in [6, 6.07) is 1.18. The number of nitrogens with one attached hydrogen (secondary N) is 5. The molecule has 0 bridgehead atoms. The maximum absolute atomic E-state index is 11.9. The second kappa shape index (κ2) is 57.5. The normalized spacial score (nSPS) is 25.1. The minimum absolute atomic E-state index is 0.106. The second-order valence-corrected chi connectivity index (χ2v) is 31.3. The summed E-state index contributed by atoms with van der Waals surface area (Å²) in [5.74, 6) is -2.62. The van der Waals surface area contributed by atoms with Gasteiger partial charge in [-0.1, -0.05) is 0 Å². The van der Waals surface area contributed by atoms with Crippen LogP contribution in [0.5, 0.6) is 0 Å². The van der Waals surface area contributed by atoms with E-state index in [0.717, 1.165) is 124 Å². The van der Waals surface area contributed by atoms with Gasteiger partial charge in [0.05, 0.1) is 206 Å². The van der Waals surface area contributed by atoms with Gasteiger partial charge in [0.15, 0.2) is 0 Å². The smallest absolute Gasteiger partial charge is 0.306 e. The van der Waals surface area contributed by atoms with Crippen LogP contribution < -0.4 is 26.6 Å². The number of ether oxygens (including phenoxy) is 12. The molecule has 0 amide bonds. The van der Waals surface area contributed by atoms with Crippen molar-refractivity contribution in [2.75, 3.05) is 275 Å². The maximum atomic E-state index is 11.9. The van der Waals surface area contributed by atoms with E-state index < -0.39 is 0 Å². The number of likely N-dealkylation sites (tertiary alicyclic amines) is 2. The van der Waals surface area contributed by atoms with Gasteiger partial charge < -0.3 is 62.2 Å². The van der Waals surface area contributed by atoms with E-state index in [9.17, 15) is 57.5 Å². The Bertz CT molecular complexity index is 2990. The lowest BCUT2D eigenvalue weighted by Crippen LogP contribution is -2.74. The number of piperidine rings is 3. The Morgan fingerprint density at radius 3 is 0.746 bits per heavy atom. The highest BCUT2D eigenvalue weighted by Crippen LogP contribution is 2.32. The summed E-state index contributed by atoms with van der Waals surface area (Å²) in [5.41, 5.74) is 0. The quantitative estimate of drug-likeness (QED) is 0.0311. The monoisotopic (exact) mass is 1740 g/mol. The van der Waals surface area contributed by atoms with Gasteiger partial charge >= 0.3 is 71.6 Å². The molecule has 0 aromatic rings. The second-order valence-electron chi connectivity index (χ2n) is 31.3. The van der Waals surface area contributed by atoms with Crippen LogP contribution in [0.2, 0.25) is 0 Å². The Kier molecular flexibility index (Phi) is 48.9.